The first-order valence-electron chi connectivity index (χ1n) is 9.30. The van der Waals surface area contributed by atoms with Gasteiger partial charge in [0.1, 0.15) is 23.6 Å². The van der Waals surface area contributed by atoms with Gasteiger partial charge in [0.15, 0.2) is 0 Å². The average molecular weight is 426 g/mol. The summed E-state index contributed by atoms with van der Waals surface area (Å²) in [7, 11) is 2.89. The Morgan fingerprint density at radius 2 is 1.61 bits per heavy atom. The van der Waals surface area contributed by atoms with Crippen LogP contribution in [0.4, 0.5) is 4.79 Å². The Morgan fingerprint density at radius 3 is 2.19 bits per heavy atom. The molecule has 0 radical (unpaired) electrons. The summed E-state index contributed by atoms with van der Waals surface area (Å²) in [6.45, 7) is 1.01. The summed E-state index contributed by atoms with van der Waals surface area (Å²) in [6, 6.07) is 12.5. The summed E-state index contributed by atoms with van der Waals surface area (Å²) in [4.78, 5) is 50.5. The maximum atomic E-state index is 12.8. The van der Waals surface area contributed by atoms with Gasteiger partial charge in [-0.2, -0.15) is 0 Å². The molecule has 1 saturated heterocycles. The van der Waals surface area contributed by atoms with Crippen molar-refractivity contribution in [2.24, 2.45) is 0 Å². The fourth-order valence-corrected chi connectivity index (χ4v) is 3.13. The Morgan fingerprint density at radius 1 is 1.00 bits per heavy atom. The molecule has 0 spiro atoms. The van der Waals surface area contributed by atoms with Gasteiger partial charge >= 0.3 is 6.03 Å². The second kappa shape index (κ2) is 8.74. The van der Waals surface area contributed by atoms with Crippen molar-refractivity contribution < 1.29 is 28.7 Å². The highest BCUT2D eigenvalue weighted by Crippen LogP contribution is 2.28. The van der Waals surface area contributed by atoms with E-state index in [0.717, 1.165) is 4.90 Å². The first kappa shape index (κ1) is 21.6. The molecule has 2 aromatic carbocycles. The van der Waals surface area contributed by atoms with Gasteiger partial charge in [-0.25, -0.2) is 4.79 Å². The zero-order valence-electron chi connectivity index (χ0n) is 17.2. The van der Waals surface area contributed by atoms with Crippen LogP contribution in [0, 0.1) is 0 Å². The number of methoxy groups -OCH3 is 2. The molecule has 10 nitrogen and oxygen atoms in total. The summed E-state index contributed by atoms with van der Waals surface area (Å²) in [5, 5.41) is 2.61. The molecule has 0 unspecified atom stereocenters. The van der Waals surface area contributed by atoms with Gasteiger partial charge in [0, 0.05) is 11.6 Å². The summed E-state index contributed by atoms with van der Waals surface area (Å²) < 4.78 is 10.2. The molecule has 31 heavy (non-hydrogen) atoms. The molecule has 1 atom stereocenters. The zero-order chi connectivity index (χ0) is 22.6. The van der Waals surface area contributed by atoms with Gasteiger partial charge in [0.05, 0.1) is 14.2 Å². The first-order valence-corrected chi connectivity index (χ1v) is 9.30. The number of hydrogen-bond acceptors (Lipinski definition) is 6. The molecular formula is C21H22N4O6. The van der Waals surface area contributed by atoms with E-state index in [1.165, 1.54) is 26.4 Å². The Hall–Kier alpha value is -4.08. The number of nitrogens with zero attached hydrogens (tertiary/aromatic N) is 1. The lowest BCUT2D eigenvalue weighted by Crippen LogP contribution is -2.48. The third-order valence-electron chi connectivity index (χ3n) is 4.86. The van der Waals surface area contributed by atoms with E-state index in [-0.39, 0.29) is 5.56 Å². The molecule has 1 aliphatic heterocycles. The SMILES string of the molecule is COc1cc(OC)cc(C(=O)NNC(=O)CN2C(=O)N[C@](C)(c3ccccc3)C2=O)c1. The first-order chi connectivity index (χ1) is 14.8. The van der Waals surface area contributed by atoms with Crippen molar-refractivity contribution in [3.63, 3.8) is 0 Å². The van der Waals surface area contributed by atoms with Crippen molar-refractivity contribution in [2.75, 3.05) is 20.8 Å². The van der Waals surface area contributed by atoms with Crippen molar-refractivity contribution >= 4 is 23.8 Å². The van der Waals surface area contributed by atoms with Crippen LogP contribution >= 0.6 is 0 Å². The number of carbonyl (C=O) groups is 4. The maximum Gasteiger partial charge on any atom is 0.325 e. The molecule has 1 aliphatic rings. The minimum atomic E-state index is -1.28. The molecule has 0 aromatic heterocycles. The zero-order valence-corrected chi connectivity index (χ0v) is 17.2. The predicted octanol–water partition coefficient (Wildman–Crippen LogP) is 0.932. The lowest BCUT2D eigenvalue weighted by Gasteiger charge is -2.22. The second-order valence-electron chi connectivity index (χ2n) is 6.92. The number of hydrogen-bond donors (Lipinski definition) is 3. The molecule has 1 fully saturated rings. The molecule has 162 valence electrons. The van der Waals surface area contributed by atoms with E-state index >= 15 is 0 Å². The fourth-order valence-electron chi connectivity index (χ4n) is 3.13. The number of rotatable bonds is 6. The van der Waals surface area contributed by atoms with Gasteiger partial charge in [-0.1, -0.05) is 30.3 Å². The summed E-state index contributed by atoms with van der Waals surface area (Å²) in [5.74, 6) is -1.14. The van der Waals surface area contributed by atoms with Gasteiger partial charge in [-0.3, -0.25) is 30.1 Å². The van der Waals surface area contributed by atoms with E-state index in [0.29, 0.717) is 17.1 Å². The molecule has 2 aromatic rings. The van der Waals surface area contributed by atoms with Crippen molar-refractivity contribution in [3.05, 3.63) is 59.7 Å². The molecule has 1 heterocycles. The average Bonchev–Trinajstić information content (AvgIpc) is 3.01. The molecule has 5 amide bonds. The van der Waals surface area contributed by atoms with Crippen molar-refractivity contribution in [3.8, 4) is 11.5 Å². The van der Waals surface area contributed by atoms with E-state index in [9.17, 15) is 19.2 Å². The van der Waals surface area contributed by atoms with Crippen LogP contribution in [0.1, 0.15) is 22.8 Å². The van der Waals surface area contributed by atoms with Crippen LogP contribution in [0.15, 0.2) is 48.5 Å². The Balaban J connectivity index is 1.63. The van der Waals surface area contributed by atoms with E-state index in [4.69, 9.17) is 9.47 Å². The number of amides is 5. The van der Waals surface area contributed by atoms with E-state index in [2.05, 4.69) is 16.2 Å². The molecule has 3 N–H and O–H groups in total. The van der Waals surface area contributed by atoms with Crippen LogP contribution in [0.5, 0.6) is 11.5 Å². The molecule has 3 rings (SSSR count). The number of nitrogens with one attached hydrogen (secondary N) is 3. The van der Waals surface area contributed by atoms with Gasteiger partial charge < -0.3 is 14.8 Å². The summed E-state index contributed by atoms with van der Waals surface area (Å²) in [6.07, 6.45) is 0. The monoisotopic (exact) mass is 426 g/mol. The van der Waals surface area contributed by atoms with Crippen molar-refractivity contribution in [1.29, 1.82) is 0 Å². The summed E-state index contributed by atoms with van der Waals surface area (Å²) >= 11 is 0. The van der Waals surface area contributed by atoms with Crippen molar-refractivity contribution in [1.82, 2.24) is 21.1 Å². The van der Waals surface area contributed by atoms with E-state index in [1.807, 2.05) is 0 Å². The minimum Gasteiger partial charge on any atom is -0.497 e. The fraction of sp³-hybridized carbons (Fsp3) is 0.238. The number of urea groups is 1. The number of imide groups is 1. The molecular weight excluding hydrogens is 404 g/mol. The number of benzene rings is 2. The number of hydrazine groups is 1. The van der Waals surface area contributed by atoms with Gasteiger partial charge in [0.25, 0.3) is 17.7 Å². The van der Waals surface area contributed by atoms with Crippen molar-refractivity contribution in [2.45, 2.75) is 12.5 Å². The lowest BCUT2D eigenvalue weighted by atomic mass is 9.92. The number of carbonyl (C=O) groups excluding carboxylic acids is 4. The van der Waals surface area contributed by atoms with Gasteiger partial charge in [0.2, 0.25) is 0 Å². The smallest absolute Gasteiger partial charge is 0.325 e. The molecule has 0 bridgehead atoms. The standard InChI is InChI=1S/C21H22N4O6/c1-21(14-7-5-4-6-8-14)19(28)25(20(29)22-21)12-17(26)23-24-18(27)13-9-15(30-2)11-16(10-13)31-3/h4-11H,12H2,1-3H3,(H,22,29)(H,23,26)(H,24,27)/t21-/m1/s1. The van der Waals surface area contributed by atoms with Crippen LogP contribution in [0.3, 0.4) is 0 Å². The molecule has 10 heteroatoms. The Bertz CT molecular complexity index is 1000. The van der Waals surface area contributed by atoms with Crippen LogP contribution in [0.2, 0.25) is 0 Å². The predicted molar refractivity (Wildman–Crippen MR) is 109 cm³/mol. The van der Waals surface area contributed by atoms with Crippen LogP contribution in [0.25, 0.3) is 0 Å². The van der Waals surface area contributed by atoms with E-state index in [1.54, 1.807) is 43.3 Å². The van der Waals surface area contributed by atoms with Gasteiger partial charge in [-0.15, -0.1) is 0 Å². The highest BCUT2D eigenvalue weighted by Gasteiger charge is 2.49. The third-order valence-corrected chi connectivity index (χ3v) is 4.86. The minimum absolute atomic E-state index is 0.183. The van der Waals surface area contributed by atoms with Crippen LogP contribution < -0.4 is 25.6 Å². The molecule has 0 aliphatic carbocycles. The second-order valence-corrected chi connectivity index (χ2v) is 6.92. The maximum absolute atomic E-state index is 12.8. The highest BCUT2D eigenvalue weighted by atomic mass is 16.5. The van der Waals surface area contributed by atoms with Crippen LogP contribution in [-0.4, -0.2) is 49.4 Å². The lowest BCUT2D eigenvalue weighted by molar-refractivity contribution is -0.135. The third kappa shape index (κ3) is 4.42. The largest absolute Gasteiger partial charge is 0.497 e. The van der Waals surface area contributed by atoms with Gasteiger partial charge in [-0.05, 0) is 24.6 Å². The molecule has 0 saturated carbocycles. The normalized spacial score (nSPS) is 17.7. The Labute approximate surface area is 178 Å². The Kier molecular flexibility index (Phi) is 6.10. The topological polar surface area (TPSA) is 126 Å². The highest BCUT2D eigenvalue weighted by molar-refractivity contribution is 6.09. The quantitative estimate of drug-likeness (QED) is 0.466. The van der Waals surface area contributed by atoms with Crippen LogP contribution in [-0.2, 0) is 15.1 Å². The van der Waals surface area contributed by atoms with E-state index < -0.39 is 35.8 Å². The summed E-state index contributed by atoms with van der Waals surface area (Å²) in [5.41, 5.74) is 3.93. The number of ether oxygens (including phenoxy) is 2.